The highest BCUT2D eigenvalue weighted by Crippen LogP contribution is 2.22. The van der Waals surface area contributed by atoms with Crippen LogP contribution in [0.3, 0.4) is 0 Å². The van der Waals surface area contributed by atoms with Crippen LogP contribution in [0.2, 0.25) is 0 Å². The molecule has 4 rings (SSSR count). The largest absolute Gasteiger partial charge is 0.369 e. The van der Waals surface area contributed by atoms with Crippen molar-refractivity contribution in [1.29, 1.82) is 0 Å². The van der Waals surface area contributed by atoms with Crippen LogP contribution in [-0.4, -0.2) is 90.9 Å². The summed E-state index contributed by atoms with van der Waals surface area (Å²) in [6.07, 6.45) is 1.68. The molecule has 2 aliphatic rings. The Bertz CT molecular complexity index is 749. The molecule has 28 heavy (non-hydrogen) atoms. The molecule has 0 bridgehead atoms. The molecule has 0 spiro atoms. The molecule has 0 unspecified atom stereocenters. The quantitative estimate of drug-likeness (QED) is 0.835. The Morgan fingerprint density at radius 2 is 1.57 bits per heavy atom. The van der Waals surface area contributed by atoms with Gasteiger partial charge >= 0.3 is 0 Å². The molecule has 2 aromatic rings. The minimum atomic E-state index is 0.704. The van der Waals surface area contributed by atoms with Crippen LogP contribution in [-0.2, 0) is 0 Å². The lowest BCUT2D eigenvalue weighted by Crippen LogP contribution is -2.46. The topological polar surface area (TPSA) is 63.7 Å². The van der Waals surface area contributed by atoms with Crippen molar-refractivity contribution in [1.82, 2.24) is 25.0 Å². The maximum atomic E-state index is 4.67. The molecule has 1 aromatic heterocycles. The van der Waals surface area contributed by atoms with Gasteiger partial charge in [0.1, 0.15) is 0 Å². The number of benzene rings is 1. The Balaban J connectivity index is 1.38. The van der Waals surface area contributed by atoms with Crippen LogP contribution in [0.1, 0.15) is 6.92 Å². The molecule has 1 N–H and O–H groups in total. The Kier molecular flexibility index (Phi) is 5.87. The number of aromatic nitrogens is 3. The van der Waals surface area contributed by atoms with Gasteiger partial charge in [-0.2, -0.15) is 10.1 Å². The Hall–Kier alpha value is -2.45. The van der Waals surface area contributed by atoms with Gasteiger partial charge in [-0.1, -0.05) is 6.92 Å². The van der Waals surface area contributed by atoms with Gasteiger partial charge in [-0.15, -0.1) is 5.10 Å². The maximum absolute atomic E-state index is 4.67. The van der Waals surface area contributed by atoms with E-state index in [2.05, 4.69) is 78.3 Å². The van der Waals surface area contributed by atoms with E-state index in [0.29, 0.717) is 5.95 Å². The summed E-state index contributed by atoms with van der Waals surface area (Å²) >= 11 is 0. The smallest absolute Gasteiger partial charge is 0.247 e. The normalized spacial score (nSPS) is 19.1. The van der Waals surface area contributed by atoms with E-state index >= 15 is 0 Å². The Morgan fingerprint density at radius 3 is 2.25 bits per heavy atom. The molecule has 2 fully saturated rings. The zero-order valence-electron chi connectivity index (χ0n) is 16.9. The standard InChI is InChI=1S/C20H30N8/c1-3-26-10-14-28(15-11-26)20-23-19(16-21-24-20)22-17-4-6-18(7-5-17)27-12-8-25(2)9-13-27/h4-7,16H,3,8-15H2,1-2H3,(H,22,23,24). The van der Waals surface area contributed by atoms with Crippen molar-refractivity contribution < 1.29 is 0 Å². The van der Waals surface area contributed by atoms with Crippen molar-refractivity contribution in [2.24, 2.45) is 0 Å². The van der Waals surface area contributed by atoms with Gasteiger partial charge in [0.15, 0.2) is 5.82 Å². The number of anilines is 4. The molecule has 3 heterocycles. The first-order valence-corrected chi connectivity index (χ1v) is 10.2. The predicted molar refractivity (Wildman–Crippen MR) is 114 cm³/mol. The SMILES string of the molecule is CCN1CCN(c2nncc(Nc3ccc(N4CCN(C)CC4)cc3)n2)CC1. The second-order valence-corrected chi connectivity index (χ2v) is 7.53. The molecule has 0 aliphatic carbocycles. The van der Waals surface area contributed by atoms with Gasteiger partial charge in [0.2, 0.25) is 5.95 Å². The number of likely N-dealkylation sites (N-methyl/N-ethyl adjacent to an activating group) is 2. The molecule has 0 saturated carbocycles. The first kappa shape index (κ1) is 18.9. The fourth-order valence-electron chi connectivity index (χ4n) is 3.72. The van der Waals surface area contributed by atoms with E-state index in [9.17, 15) is 0 Å². The first-order chi connectivity index (χ1) is 13.7. The highest BCUT2D eigenvalue weighted by molar-refractivity contribution is 5.61. The molecule has 8 heteroatoms. The van der Waals surface area contributed by atoms with E-state index in [-0.39, 0.29) is 0 Å². The molecule has 150 valence electrons. The fraction of sp³-hybridized carbons (Fsp3) is 0.550. The van der Waals surface area contributed by atoms with Gasteiger partial charge in [-0.05, 0) is 37.9 Å². The van der Waals surface area contributed by atoms with E-state index in [0.717, 1.165) is 70.4 Å². The van der Waals surface area contributed by atoms with Crippen LogP contribution in [0.4, 0.5) is 23.1 Å². The summed E-state index contributed by atoms with van der Waals surface area (Å²) in [6.45, 7) is 11.7. The van der Waals surface area contributed by atoms with Crippen molar-refractivity contribution in [3.05, 3.63) is 30.5 Å². The summed E-state index contributed by atoms with van der Waals surface area (Å²) in [4.78, 5) is 14.1. The second-order valence-electron chi connectivity index (χ2n) is 7.53. The third-order valence-corrected chi connectivity index (χ3v) is 5.66. The van der Waals surface area contributed by atoms with Crippen molar-refractivity contribution >= 4 is 23.1 Å². The van der Waals surface area contributed by atoms with Crippen LogP contribution < -0.4 is 15.1 Å². The van der Waals surface area contributed by atoms with E-state index in [1.807, 2.05) is 0 Å². The summed E-state index contributed by atoms with van der Waals surface area (Å²) < 4.78 is 0. The van der Waals surface area contributed by atoms with Crippen LogP contribution in [0, 0.1) is 0 Å². The summed E-state index contributed by atoms with van der Waals surface area (Å²) in [5.41, 5.74) is 2.29. The van der Waals surface area contributed by atoms with Gasteiger partial charge in [0.25, 0.3) is 0 Å². The molecule has 8 nitrogen and oxygen atoms in total. The van der Waals surface area contributed by atoms with E-state index in [4.69, 9.17) is 0 Å². The van der Waals surface area contributed by atoms with Crippen LogP contribution >= 0.6 is 0 Å². The number of hydrogen-bond acceptors (Lipinski definition) is 8. The Morgan fingerprint density at radius 1 is 0.893 bits per heavy atom. The highest BCUT2D eigenvalue weighted by Gasteiger charge is 2.18. The van der Waals surface area contributed by atoms with Gasteiger partial charge in [0, 0.05) is 63.7 Å². The average molecular weight is 383 g/mol. The number of rotatable bonds is 5. The highest BCUT2D eigenvalue weighted by atomic mass is 15.4. The van der Waals surface area contributed by atoms with E-state index < -0.39 is 0 Å². The molecule has 2 saturated heterocycles. The monoisotopic (exact) mass is 382 g/mol. The zero-order chi connectivity index (χ0) is 19.3. The van der Waals surface area contributed by atoms with Gasteiger partial charge in [-0.25, -0.2) is 0 Å². The summed E-state index contributed by atoms with van der Waals surface area (Å²) in [5.74, 6) is 1.44. The molecule has 0 atom stereocenters. The molecule has 2 aliphatic heterocycles. The number of nitrogens with zero attached hydrogens (tertiary/aromatic N) is 7. The Labute approximate surface area is 167 Å². The summed E-state index contributed by atoms with van der Waals surface area (Å²) in [5, 5.41) is 11.7. The van der Waals surface area contributed by atoms with Crippen molar-refractivity contribution in [3.8, 4) is 0 Å². The number of piperazine rings is 2. The number of hydrogen-bond donors (Lipinski definition) is 1. The van der Waals surface area contributed by atoms with Crippen LogP contribution in [0.25, 0.3) is 0 Å². The van der Waals surface area contributed by atoms with Gasteiger partial charge in [0.05, 0.1) is 6.20 Å². The predicted octanol–water partition coefficient (Wildman–Crippen LogP) is 1.51. The van der Waals surface area contributed by atoms with Gasteiger partial charge in [-0.3, -0.25) is 0 Å². The molecule has 0 amide bonds. The lowest BCUT2D eigenvalue weighted by Gasteiger charge is -2.34. The van der Waals surface area contributed by atoms with Gasteiger partial charge < -0.3 is 24.9 Å². The lowest BCUT2D eigenvalue weighted by atomic mass is 10.2. The summed E-state index contributed by atoms with van der Waals surface area (Å²) in [7, 11) is 2.18. The van der Waals surface area contributed by atoms with Crippen molar-refractivity contribution in [3.63, 3.8) is 0 Å². The van der Waals surface area contributed by atoms with E-state index in [1.165, 1.54) is 5.69 Å². The summed E-state index contributed by atoms with van der Waals surface area (Å²) in [6, 6.07) is 8.56. The van der Waals surface area contributed by atoms with E-state index in [1.54, 1.807) is 6.20 Å². The molecule has 0 radical (unpaired) electrons. The second kappa shape index (κ2) is 8.70. The minimum Gasteiger partial charge on any atom is -0.369 e. The zero-order valence-corrected chi connectivity index (χ0v) is 16.9. The van der Waals surface area contributed by atoms with Crippen molar-refractivity contribution in [2.75, 3.05) is 81.1 Å². The maximum Gasteiger partial charge on any atom is 0.247 e. The molecular weight excluding hydrogens is 352 g/mol. The van der Waals surface area contributed by atoms with Crippen LogP contribution in [0.5, 0.6) is 0 Å². The molecular formula is C20H30N8. The van der Waals surface area contributed by atoms with Crippen LogP contribution in [0.15, 0.2) is 30.5 Å². The first-order valence-electron chi connectivity index (χ1n) is 10.2. The third kappa shape index (κ3) is 4.51. The fourth-order valence-corrected chi connectivity index (χ4v) is 3.72. The third-order valence-electron chi connectivity index (χ3n) is 5.66. The minimum absolute atomic E-state index is 0.704. The van der Waals surface area contributed by atoms with Crippen molar-refractivity contribution in [2.45, 2.75) is 6.92 Å². The lowest BCUT2D eigenvalue weighted by molar-refractivity contribution is 0.269. The molecule has 1 aromatic carbocycles. The number of nitrogens with one attached hydrogen (secondary N) is 1. The average Bonchev–Trinajstić information content (AvgIpc) is 2.75.